The van der Waals surface area contributed by atoms with Crippen molar-refractivity contribution in [2.75, 3.05) is 32.1 Å². The van der Waals surface area contributed by atoms with Crippen LogP contribution in [0.1, 0.15) is 211 Å². The summed E-state index contributed by atoms with van der Waals surface area (Å²) in [6, 6.07) is 15.9. The third-order valence-corrected chi connectivity index (χ3v) is 23.4. The predicted octanol–water partition coefficient (Wildman–Crippen LogP) is 9.97. The molecule has 6 saturated carbocycles. The van der Waals surface area contributed by atoms with Gasteiger partial charge in [-0.3, -0.25) is 9.59 Å². The summed E-state index contributed by atoms with van der Waals surface area (Å²) in [7, 11) is 1.83. The Morgan fingerprint density at radius 2 is 1.52 bits per heavy atom. The van der Waals surface area contributed by atoms with Crippen LogP contribution in [0.5, 0.6) is 11.5 Å². The van der Waals surface area contributed by atoms with Crippen molar-refractivity contribution in [3.63, 3.8) is 0 Å². The minimum absolute atomic E-state index is 0.0240. The van der Waals surface area contributed by atoms with E-state index in [-0.39, 0.29) is 97.6 Å². The molecule has 5 heterocycles. The Morgan fingerprint density at radius 1 is 0.761 bits per heavy atom. The lowest BCUT2D eigenvalue weighted by atomic mass is 9.48. The zero-order valence-electron chi connectivity index (χ0n) is 51.6. The average molecular weight is 1200 g/mol. The van der Waals surface area contributed by atoms with Crippen molar-refractivity contribution >= 4 is 23.4 Å². The molecule has 3 aromatic carbocycles. The molecule has 5 aliphatic heterocycles. The number of phenols is 1. The monoisotopic (exact) mass is 1200 g/mol. The van der Waals surface area contributed by atoms with Gasteiger partial charge in [0.25, 0.3) is 0 Å². The van der Waals surface area contributed by atoms with Gasteiger partial charge in [0.05, 0.1) is 43.2 Å². The van der Waals surface area contributed by atoms with E-state index < -0.39 is 76.6 Å². The molecule has 0 saturated heterocycles. The van der Waals surface area contributed by atoms with Crippen LogP contribution < -0.4 is 15.4 Å². The maximum absolute atomic E-state index is 16.4. The lowest BCUT2D eigenvalue weighted by Gasteiger charge is -2.59. The van der Waals surface area contributed by atoms with Crippen LogP contribution >= 0.6 is 0 Å². The Bertz CT molecular complexity index is 3290. The van der Waals surface area contributed by atoms with Gasteiger partial charge in [-0.25, -0.2) is 4.79 Å². The van der Waals surface area contributed by atoms with Crippen molar-refractivity contribution in [3.05, 3.63) is 99.1 Å². The van der Waals surface area contributed by atoms with Crippen LogP contribution in [0.25, 0.3) is 0 Å². The fourth-order valence-corrected chi connectivity index (χ4v) is 18.4. The predicted molar refractivity (Wildman–Crippen MR) is 333 cm³/mol. The summed E-state index contributed by atoms with van der Waals surface area (Å²) in [5, 5.41) is 83.7. The van der Waals surface area contributed by atoms with Crippen molar-refractivity contribution < 1.29 is 59.2 Å². The Hall–Kier alpha value is -5.55. The summed E-state index contributed by atoms with van der Waals surface area (Å²) >= 11 is 0. The lowest BCUT2D eigenvalue weighted by Crippen LogP contribution is -2.65. The van der Waals surface area contributed by atoms with Gasteiger partial charge in [-0.2, -0.15) is 0 Å². The van der Waals surface area contributed by atoms with Crippen LogP contribution in [-0.2, 0) is 42.1 Å². The fraction of sp³-hybridized carbons (Fsp3) is 0.635. The van der Waals surface area contributed by atoms with Crippen molar-refractivity contribution in [1.82, 2.24) is 5.32 Å². The number of hydrogen-bond donors (Lipinski definition) is 8. The number of nitrogens with one attached hydrogen (secondary N) is 2. The molecule has 6 aliphatic carbocycles. The number of carbonyl (C=O) groups is 3. The number of fused-ring (bicyclic) bond motifs is 19. The minimum atomic E-state index is -1.66. The number of phenolic OH excluding ortho intramolecular Hbond substituents is 1. The molecule has 0 aromatic heterocycles. The van der Waals surface area contributed by atoms with Crippen LogP contribution in [0.2, 0.25) is 0 Å². The average Bonchev–Trinajstić information content (AvgIpc) is 0.932. The van der Waals surface area contributed by atoms with Crippen molar-refractivity contribution in [3.8, 4) is 35.2 Å². The second kappa shape index (κ2) is 25.3. The number of aromatic hydroxyl groups is 1. The van der Waals surface area contributed by atoms with E-state index in [1.807, 2.05) is 37.4 Å². The van der Waals surface area contributed by atoms with Gasteiger partial charge in [0.15, 0.2) is 0 Å². The van der Waals surface area contributed by atoms with E-state index in [0.717, 1.165) is 107 Å². The molecule has 14 rings (SSSR count). The summed E-state index contributed by atoms with van der Waals surface area (Å²) in [4.78, 5) is 45.3. The maximum Gasteiger partial charge on any atom is 0.334 e. The highest BCUT2D eigenvalue weighted by Gasteiger charge is 2.62. The number of Topliss-reactive ketones (excluding diaryl/α,β-unsaturated/α-hetero) is 1. The first-order chi connectivity index (χ1) is 42.5. The number of aliphatic hydroxyl groups is 5. The molecule has 0 radical (unpaired) electrons. The van der Waals surface area contributed by atoms with Crippen molar-refractivity contribution in [2.45, 2.75) is 226 Å². The number of esters is 2. The molecule has 8 N–H and O–H groups in total. The fourth-order valence-electron chi connectivity index (χ4n) is 18.4. The van der Waals surface area contributed by atoms with E-state index in [4.69, 9.17) is 14.2 Å². The highest BCUT2D eigenvalue weighted by atomic mass is 16.6. The first-order valence-corrected chi connectivity index (χ1v) is 33.8. The van der Waals surface area contributed by atoms with Crippen LogP contribution in [0.15, 0.2) is 60.2 Å². The highest BCUT2D eigenvalue weighted by Crippen LogP contribution is 2.60. The quantitative estimate of drug-likeness (QED) is 0.0692. The van der Waals surface area contributed by atoms with Gasteiger partial charge in [-0.1, -0.05) is 105 Å². The van der Waals surface area contributed by atoms with Gasteiger partial charge in [-0.05, 0) is 179 Å². The number of ketones is 1. The number of carbonyl (C=O) groups excluding carboxylic acids is 3. The van der Waals surface area contributed by atoms with E-state index in [1.54, 1.807) is 13.0 Å². The third-order valence-electron chi connectivity index (χ3n) is 23.4. The molecule has 14 atom stereocenters. The largest absolute Gasteiger partial charge is 0.507 e. The van der Waals surface area contributed by atoms with Gasteiger partial charge in [0.1, 0.15) is 40.7 Å². The first-order valence-electron chi connectivity index (χ1n) is 33.8. The smallest absolute Gasteiger partial charge is 0.334 e. The van der Waals surface area contributed by atoms with E-state index >= 15 is 4.79 Å². The summed E-state index contributed by atoms with van der Waals surface area (Å²) < 4.78 is 19.8. The highest BCUT2D eigenvalue weighted by molar-refractivity contribution is 5.89. The second-order valence-electron chi connectivity index (χ2n) is 28.8. The topological polar surface area (TPSA) is 224 Å². The number of anilines is 1. The van der Waals surface area contributed by atoms with E-state index in [1.165, 1.54) is 0 Å². The molecular weight excluding hydrogens is 1110 g/mol. The maximum atomic E-state index is 16.4. The van der Waals surface area contributed by atoms with Crippen LogP contribution in [-0.4, -0.2) is 111 Å². The first kappa shape index (κ1) is 61.3. The minimum Gasteiger partial charge on any atom is -0.507 e. The third kappa shape index (κ3) is 11.8. The molecule has 14 unspecified atom stereocenters. The molecular formula is C74H92N2O12. The number of hydrogen-bond acceptors (Lipinski definition) is 14. The molecule has 1 spiro atoms. The van der Waals surface area contributed by atoms with E-state index in [0.29, 0.717) is 77.9 Å². The molecule has 11 aliphatic rings. The summed E-state index contributed by atoms with van der Waals surface area (Å²) in [6.45, 7) is 1.77. The van der Waals surface area contributed by atoms with Gasteiger partial charge >= 0.3 is 11.9 Å². The molecule has 0 amide bonds. The zero-order valence-corrected chi connectivity index (χ0v) is 51.6. The van der Waals surface area contributed by atoms with E-state index in [2.05, 4.69) is 52.5 Å². The van der Waals surface area contributed by atoms with E-state index in [9.17, 15) is 40.2 Å². The number of benzene rings is 3. The van der Waals surface area contributed by atoms with Gasteiger partial charge in [-0.15, -0.1) is 0 Å². The molecule has 470 valence electrons. The Kier molecular flexibility index (Phi) is 17.6. The normalized spacial score (nSPS) is 36.7. The lowest BCUT2D eigenvalue weighted by molar-refractivity contribution is -0.228. The zero-order chi connectivity index (χ0) is 61.1. The van der Waals surface area contributed by atoms with Gasteiger partial charge in [0.2, 0.25) is 0 Å². The molecule has 3 aromatic rings. The Labute approximate surface area is 519 Å². The standard InChI is InChI=1S/C74H92N2O12/c1-72(84)42-76-55-33-50(32-51(34-55)68(81)49(40-75-2)20-17-43-18-23-56(24-19-43)86-41-64(72)79)46-21-22-47-39-66(80)88-70-57(47)36-52(69(82)67(70)45-12-4-3-5-13-45)38-65-74(85)60-16-7-6-14-48(60)35-58-59(62(77)26-25-61(58)74)30-44-11-10-15-54(29-44)73(27-8-9-28-73)63(78)37-53(31-46)71(83)87-65/h10-11,15,29,32-34,36-37,43,45-49,56,58-61,63-65,68,75-76,78-79,81-82,84-85H,3-9,12-14,16,18-19,23-28,30-31,35,38-42H2,1-2H3. The molecule has 14 nitrogen and oxygen atoms in total. The summed E-state index contributed by atoms with van der Waals surface area (Å²) in [5.41, 5.74) is 1.27. The van der Waals surface area contributed by atoms with Gasteiger partial charge < -0.3 is 55.5 Å². The molecule has 14 bridgehead atoms. The Balaban J connectivity index is 1.03. The van der Waals surface area contributed by atoms with Gasteiger partial charge in [0, 0.05) is 71.5 Å². The SMILES string of the molecule is CNCC1C#CC2CCC(CC2)OCC(O)C(C)(O)CNc2cc(C3C#CC4CC(=O)Oc5c4cc(c(O)c5C4CCCCC4)CC4OC(=O)C(=CC(O)C5(CCCC5)c5cccc(c5)CC5C(=O)CCC6C5CC5CCCCC5C46O)C3)cc(c2)C1O. The summed E-state index contributed by atoms with van der Waals surface area (Å²) in [5.74, 6) is 10.00. The molecule has 6 fully saturated rings. The number of rotatable bonds is 4. The number of ether oxygens (including phenoxy) is 3. The summed E-state index contributed by atoms with van der Waals surface area (Å²) in [6.07, 6.45) is 12.6. The Morgan fingerprint density at radius 3 is 2.32 bits per heavy atom. The number of aliphatic hydroxyl groups excluding tert-OH is 3. The van der Waals surface area contributed by atoms with Crippen molar-refractivity contribution in [1.29, 1.82) is 0 Å². The van der Waals surface area contributed by atoms with Crippen LogP contribution in [0.4, 0.5) is 5.69 Å². The van der Waals surface area contributed by atoms with Crippen LogP contribution in [0, 0.1) is 65.1 Å². The van der Waals surface area contributed by atoms with Crippen molar-refractivity contribution in [2.24, 2.45) is 41.4 Å². The van der Waals surface area contributed by atoms with Crippen LogP contribution in [0.3, 0.4) is 0 Å². The molecule has 14 heteroatoms. The second-order valence-corrected chi connectivity index (χ2v) is 28.8. The molecule has 88 heavy (non-hydrogen) atoms.